The van der Waals surface area contributed by atoms with Crippen LogP contribution in [0, 0.1) is 11.8 Å². The number of ether oxygens (including phenoxy) is 1. The Labute approximate surface area is 166 Å². The van der Waals surface area contributed by atoms with Crippen molar-refractivity contribution >= 4 is 5.78 Å². The van der Waals surface area contributed by atoms with Crippen molar-refractivity contribution in [3.8, 4) is 11.5 Å². The van der Waals surface area contributed by atoms with Crippen molar-refractivity contribution in [1.82, 2.24) is 4.90 Å². The number of rotatable bonds is 9. The summed E-state index contributed by atoms with van der Waals surface area (Å²) in [7, 11) is 1.68. The number of hydrogen-bond acceptors (Lipinski definition) is 5. The summed E-state index contributed by atoms with van der Waals surface area (Å²) in [5, 5.41) is 19.1. The summed E-state index contributed by atoms with van der Waals surface area (Å²) in [6, 6.07) is 14.5. The molecule has 3 rings (SSSR count). The van der Waals surface area contributed by atoms with Crippen molar-refractivity contribution in [3.05, 3.63) is 59.7 Å². The van der Waals surface area contributed by atoms with E-state index in [1.54, 1.807) is 19.2 Å². The molecule has 2 atom stereocenters. The third-order valence-electron chi connectivity index (χ3n) is 5.62. The van der Waals surface area contributed by atoms with Crippen molar-refractivity contribution < 1.29 is 19.7 Å². The first-order chi connectivity index (χ1) is 13.6. The van der Waals surface area contributed by atoms with Gasteiger partial charge in [0.15, 0.2) is 5.78 Å². The van der Waals surface area contributed by atoms with E-state index in [9.17, 15) is 15.0 Å². The number of phenols is 1. The van der Waals surface area contributed by atoms with Crippen LogP contribution in [0.25, 0.3) is 0 Å². The Hall–Kier alpha value is -2.37. The molecule has 2 aromatic carbocycles. The zero-order valence-corrected chi connectivity index (χ0v) is 16.4. The molecule has 1 aliphatic rings. The van der Waals surface area contributed by atoms with E-state index in [0.29, 0.717) is 18.0 Å². The summed E-state index contributed by atoms with van der Waals surface area (Å²) >= 11 is 0. The van der Waals surface area contributed by atoms with E-state index in [1.165, 1.54) is 17.7 Å². The van der Waals surface area contributed by atoms with Gasteiger partial charge in [-0.1, -0.05) is 12.1 Å². The van der Waals surface area contributed by atoms with Crippen LogP contribution in [0.15, 0.2) is 48.5 Å². The molecule has 2 N–H and O–H groups in total. The molecule has 0 unspecified atom stereocenters. The lowest BCUT2D eigenvalue weighted by Crippen LogP contribution is -2.28. The Balaban J connectivity index is 1.50. The highest BCUT2D eigenvalue weighted by Gasteiger charge is 2.32. The third kappa shape index (κ3) is 5.33. The van der Waals surface area contributed by atoms with E-state index >= 15 is 0 Å². The van der Waals surface area contributed by atoms with Gasteiger partial charge < -0.3 is 14.9 Å². The molecular formula is C23H29NO4. The number of aromatic hydroxyl groups is 1. The lowest BCUT2D eigenvalue weighted by molar-refractivity contribution is 0.0940. The number of Topliss-reactive ketones (excluding diaryl/α,β-unsaturated/α-hetero) is 1. The highest BCUT2D eigenvalue weighted by molar-refractivity contribution is 5.97. The fraction of sp³-hybridized carbons (Fsp3) is 0.435. The average Bonchev–Trinajstić information content (AvgIpc) is 3.10. The SMILES string of the molecule is COc1cccc(CCC[C@@H]2CN(CC(=O)c3ccc(O)cc3)C[C@@H]2CO)c1. The Morgan fingerprint density at radius 2 is 1.89 bits per heavy atom. The molecule has 0 bridgehead atoms. The van der Waals surface area contributed by atoms with E-state index in [0.717, 1.165) is 38.1 Å². The minimum atomic E-state index is 0.0497. The van der Waals surface area contributed by atoms with Gasteiger partial charge in [-0.05, 0) is 73.1 Å². The fourth-order valence-corrected chi connectivity index (χ4v) is 4.04. The van der Waals surface area contributed by atoms with Crippen LogP contribution in [0.5, 0.6) is 11.5 Å². The van der Waals surface area contributed by atoms with Crippen LogP contribution in [0.2, 0.25) is 0 Å². The zero-order valence-electron chi connectivity index (χ0n) is 16.4. The van der Waals surface area contributed by atoms with Gasteiger partial charge in [0.1, 0.15) is 11.5 Å². The highest BCUT2D eigenvalue weighted by atomic mass is 16.5. The lowest BCUT2D eigenvalue weighted by Gasteiger charge is -2.16. The molecule has 0 spiro atoms. The van der Waals surface area contributed by atoms with Crippen LogP contribution in [-0.4, -0.2) is 54.2 Å². The second-order valence-electron chi connectivity index (χ2n) is 7.61. The van der Waals surface area contributed by atoms with Crippen LogP contribution in [0.1, 0.15) is 28.8 Å². The summed E-state index contributed by atoms with van der Waals surface area (Å²) in [5.41, 5.74) is 1.87. The predicted octanol–water partition coefficient (Wildman–Crippen LogP) is 3.15. The molecule has 1 aliphatic heterocycles. The summed E-state index contributed by atoms with van der Waals surface area (Å²) < 4.78 is 5.28. The Bertz CT molecular complexity index is 774. The Morgan fingerprint density at radius 1 is 1.14 bits per heavy atom. The fourth-order valence-electron chi connectivity index (χ4n) is 4.04. The number of likely N-dealkylation sites (tertiary alicyclic amines) is 1. The second-order valence-corrected chi connectivity index (χ2v) is 7.61. The number of aliphatic hydroxyl groups excluding tert-OH is 1. The van der Waals surface area contributed by atoms with Crippen LogP contribution >= 0.6 is 0 Å². The highest BCUT2D eigenvalue weighted by Crippen LogP contribution is 2.28. The maximum absolute atomic E-state index is 12.5. The number of aryl methyl sites for hydroxylation is 1. The molecule has 0 saturated carbocycles. The monoisotopic (exact) mass is 383 g/mol. The first-order valence-electron chi connectivity index (χ1n) is 9.87. The number of benzene rings is 2. The third-order valence-corrected chi connectivity index (χ3v) is 5.62. The minimum Gasteiger partial charge on any atom is -0.508 e. The number of hydrogen-bond donors (Lipinski definition) is 2. The van der Waals surface area contributed by atoms with Crippen molar-refractivity contribution in [1.29, 1.82) is 0 Å². The summed E-state index contributed by atoms with van der Waals surface area (Å²) in [6.07, 6.45) is 3.07. The topological polar surface area (TPSA) is 70.0 Å². The molecule has 0 radical (unpaired) electrons. The molecule has 0 aromatic heterocycles. The summed E-state index contributed by atoms with van der Waals surface area (Å²) in [6.45, 7) is 2.11. The molecule has 28 heavy (non-hydrogen) atoms. The number of nitrogens with zero attached hydrogens (tertiary/aromatic N) is 1. The van der Waals surface area contributed by atoms with Gasteiger partial charge in [0, 0.05) is 25.3 Å². The van der Waals surface area contributed by atoms with Gasteiger partial charge in [0.05, 0.1) is 13.7 Å². The molecule has 150 valence electrons. The number of carbonyl (C=O) groups is 1. The van der Waals surface area contributed by atoms with Crippen LogP contribution < -0.4 is 4.74 Å². The molecule has 1 heterocycles. The summed E-state index contributed by atoms with van der Waals surface area (Å²) in [4.78, 5) is 14.6. The van der Waals surface area contributed by atoms with E-state index in [-0.39, 0.29) is 24.1 Å². The number of methoxy groups -OCH3 is 1. The van der Waals surface area contributed by atoms with Crippen LogP contribution in [-0.2, 0) is 6.42 Å². The molecular weight excluding hydrogens is 354 g/mol. The lowest BCUT2D eigenvalue weighted by atomic mass is 9.91. The maximum atomic E-state index is 12.5. The first-order valence-corrected chi connectivity index (χ1v) is 9.87. The van der Waals surface area contributed by atoms with Crippen LogP contribution in [0.4, 0.5) is 0 Å². The normalized spacial score (nSPS) is 19.6. The van der Waals surface area contributed by atoms with Gasteiger partial charge in [-0.3, -0.25) is 9.69 Å². The molecule has 1 fully saturated rings. The smallest absolute Gasteiger partial charge is 0.176 e. The largest absolute Gasteiger partial charge is 0.508 e. The summed E-state index contributed by atoms with van der Waals surface area (Å²) in [5.74, 6) is 1.72. The van der Waals surface area contributed by atoms with Gasteiger partial charge >= 0.3 is 0 Å². The first kappa shape index (κ1) is 20.4. The molecule has 0 aliphatic carbocycles. The van der Waals surface area contributed by atoms with Gasteiger partial charge in [0.2, 0.25) is 0 Å². The Kier molecular flexibility index (Phi) is 7.06. The van der Waals surface area contributed by atoms with Crippen molar-refractivity contribution in [3.63, 3.8) is 0 Å². The standard InChI is InChI=1S/C23H29NO4/c1-28-22-7-3-5-17(12-22)4-2-6-19-13-24(14-20(19)16-25)15-23(27)18-8-10-21(26)11-9-18/h3,5,7-12,19-20,25-26H,2,4,6,13-16H2,1H3/t19-,20-/m1/s1. The predicted molar refractivity (Wildman–Crippen MR) is 109 cm³/mol. The van der Waals surface area contributed by atoms with Crippen molar-refractivity contribution in [2.75, 3.05) is 33.4 Å². The maximum Gasteiger partial charge on any atom is 0.176 e. The van der Waals surface area contributed by atoms with Gasteiger partial charge in [0.25, 0.3) is 0 Å². The van der Waals surface area contributed by atoms with E-state index in [1.807, 2.05) is 12.1 Å². The second kappa shape index (κ2) is 9.71. The zero-order chi connectivity index (χ0) is 19.9. The number of carbonyl (C=O) groups excluding carboxylic acids is 1. The van der Waals surface area contributed by atoms with E-state index in [2.05, 4.69) is 17.0 Å². The van der Waals surface area contributed by atoms with Crippen LogP contribution in [0.3, 0.4) is 0 Å². The van der Waals surface area contributed by atoms with Gasteiger partial charge in [-0.2, -0.15) is 0 Å². The molecule has 5 nitrogen and oxygen atoms in total. The quantitative estimate of drug-likeness (QED) is 0.651. The molecule has 1 saturated heterocycles. The van der Waals surface area contributed by atoms with Gasteiger partial charge in [-0.15, -0.1) is 0 Å². The Morgan fingerprint density at radius 3 is 2.61 bits per heavy atom. The molecule has 2 aromatic rings. The molecule has 0 amide bonds. The van der Waals surface area contributed by atoms with Gasteiger partial charge in [-0.25, -0.2) is 0 Å². The van der Waals surface area contributed by atoms with E-state index < -0.39 is 0 Å². The number of aliphatic hydroxyl groups is 1. The van der Waals surface area contributed by atoms with Crippen molar-refractivity contribution in [2.45, 2.75) is 19.3 Å². The average molecular weight is 383 g/mol. The number of ketones is 1. The number of phenolic OH excluding ortho intramolecular Hbond substituents is 1. The molecule has 5 heteroatoms. The minimum absolute atomic E-state index is 0.0497. The van der Waals surface area contributed by atoms with E-state index in [4.69, 9.17) is 4.74 Å². The van der Waals surface area contributed by atoms with Crippen molar-refractivity contribution in [2.24, 2.45) is 11.8 Å².